The van der Waals surface area contributed by atoms with E-state index in [-0.39, 0.29) is 11.8 Å². The van der Waals surface area contributed by atoms with Gasteiger partial charge in [0.1, 0.15) is 0 Å². The van der Waals surface area contributed by atoms with Crippen LogP contribution in [0.15, 0.2) is 36.4 Å². The molecule has 1 saturated heterocycles. The zero-order chi connectivity index (χ0) is 17.6. The van der Waals surface area contributed by atoms with E-state index in [2.05, 4.69) is 20.4 Å². The van der Waals surface area contributed by atoms with E-state index < -0.39 is 0 Å². The second kappa shape index (κ2) is 8.16. The predicted molar refractivity (Wildman–Crippen MR) is 96.8 cm³/mol. The summed E-state index contributed by atoms with van der Waals surface area (Å²) >= 11 is 5.88. The van der Waals surface area contributed by atoms with Crippen LogP contribution in [0.5, 0.6) is 5.88 Å². The Morgan fingerprint density at radius 1 is 1.28 bits per heavy atom. The smallest absolute Gasteiger partial charge is 0.233 e. The Balaban J connectivity index is 1.56. The molecule has 6 nitrogen and oxygen atoms in total. The number of anilines is 1. The summed E-state index contributed by atoms with van der Waals surface area (Å²) in [4.78, 5) is 14.6. The summed E-state index contributed by atoms with van der Waals surface area (Å²) in [6, 6.07) is 11.2. The van der Waals surface area contributed by atoms with Crippen LogP contribution in [0.1, 0.15) is 18.4 Å². The number of carbonyl (C=O) groups is 1. The molecule has 0 spiro atoms. The highest BCUT2D eigenvalue weighted by Crippen LogP contribution is 2.22. The molecular formula is C18H21ClN4O2. The molecule has 1 fully saturated rings. The fourth-order valence-electron chi connectivity index (χ4n) is 2.93. The lowest BCUT2D eigenvalue weighted by molar-refractivity contribution is -0.125. The molecule has 2 heterocycles. The van der Waals surface area contributed by atoms with Crippen molar-refractivity contribution < 1.29 is 9.53 Å². The quantitative estimate of drug-likeness (QED) is 0.887. The Bertz CT molecular complexity index is 706. The third kappa shape index (κ3) is 4.60. The molecule has 0 radical (unpaired) electrons. The number of aromatic nitrogens is 2. The molecule has 3 rings (SSSR count). The van der Waals surface area contributed by atoms with E-state index in [9.17, 15) is 4.79 Å². The van der Waals surface area contributed by atoms with Crippen molar-refractivity contribution in [2.75, 3.05) is 25.1 Å². The van der Waals surface area contributed by atoms with Gasteiger partial charge in [0.15, 0.2) is 5.82 Å². The molecule has 1 aliphatic rings. The highest BCUT2D eigenvalue weighted by Gasteiger charge is 2.26. The first-order valence-corrected chi connectivity index (χ1v) is 8.68. The second-order valence-electron chi connectivity index (χ2n) is 6.06. The molecule has 1 aliphatic heterocycles. The van der Waals surface area contributed by atoms with Gasteiger partial charge in [-0.1, -0.05) is 23.7 Å². The van der Waals surface area contributed by atoms with Gasteiger partial charge < -0.3 is 15.0 Å². The molecule has 1 N–H and O–H groups in total. The van der Waals surface area contributed by atoms with Crippen LogP contribution in [0.2, 0.25) is 5.02 Å². The average molecular weight is 361 g/mol. The highest BCUT2D eigenvalue weighted by molar-refractivity contribution is 6.30. The first-order valence-electron chi connectivity index (χ1n) is 8.30. The summed E-state index contributed by atoms with van der Waals surface area (Å²) in [6.07, 6.45) is 1.83. The number of halogens is 1. The monoisotopic (exact) mass is 360 g/mol. The van der Waals surface area contributed by atoms with Gasteiger partial charge in [-0.2, -0.15) is 0 Å². The Hall–Kier alpha value is -2.34. The molecule has 1 amide bonds. The molecule has 132 valence electrons. The summed E-state index contributed by atoms with van der Waals surface area (Å²) in [5, 5.41) is 11.9. The van der Waals surface area contributed by atoms with Crippen LogP contribution in [0.25, 0.3) is 0 Å². The molecule has 1 aromatic heterocycles. The van der Waals surface area contributed by atoms with Crippen molar-refractivity contribution in [1.29, 1.82) is 0 Å². The Morgan fingerprint density at radius 3 is 2.76 bits per heavy atom. The van der Waals surface area contributed by atoms with E-state index in [1.54, 1.807) is 13.2 Å². The fourth-order valence-corrected chi connectivity index (χ4v) is 3.05. The molecule has 0 bridgehead atoms. The van der Waals surface area contributed by atoms with Crippen LogP contribution in [-0.4, -0.2) is 36.3 Å². The van der Waals surface area contributed by atoms with E-state index >= 15 is 0 Å². The Labute approximate surface area is 152 Å². The molecule has 0 saturated carbocycles. The highest BCUT2D eigenvalue weighted by atomic mass is 35.5. The van der Waals surface area contributed by atoms with E-state index in [0.717, 1.165) is 30.8 Å². The Kier molecular flexibility index (Phi) is 5.71. The number of piperidine rings is 1. The molecule has 1 atom stereocenters. The number of rotatable bonds is 5. The third-order valence-electron chi connectivity index (χ3n) is 4.33. The van der Waals surface area contributed by atoms with Crippen molar-refractivity contribution >= 4 is 23.3 Å². The maximum atomic E-state index is 12.5. The molecule has 2 aromatic rings. The van der Waals surface area contributed by atoms with Gasteiger partial charge in [0.25, 0.3) is 0 Å². The number of hydrogen-bond acceptors (Lipinski definition) is 5. The number of nitrogens with zero attached hydrogens (tertiary/aromatic N) is 3. The summed E-state index contributed by atoms with van der Waals surface area (Å²) in [5.41, 5.74) is 1.03. The lowest BCUT2D eigenvalue weighted by Crippen LogP contribution is -2.43. The van der Waals surface area contributed by atoms with Crippen LogP contribution in [0, 0.1) is 5.92 Å². The van der Waals surface area contributed by atoms with Crippen molar-refractivity contribution in [2.24, 2.45) is 5.92 Å². The number of methoxy groups -OCH3 is 1. The van der Waals surface area contributed by atoms with Gasteiger partial charge in [0.2, 0.25) is 11.8 Å². The number of benzene rings is 1. The molecule has 0 aliphatic carbocycles. The lowest BCUT2D eigenvalue weighted by Gasteiger charge is -2.32. The molecule has 0 unspecified atom stereocenters. The van der Waals surface area contributed by atoms with Crippen LogP contribution in [-0.2, 0) is 11.3 Å². The van der Waals surface area contributed by atoms with Gasteiger partial charge in [0, 0.05) is 30.7 Å². The molecule has 25 heavy (non-hydrogen) atoms. The molecule has 7 heteroatoms. The minimum absolute atomic E-state index is 0.0510. The normalized spacial score (nSPS) is 17.2. The van der Waals surface area contributed by atoms with E-state index in [1.165, 1.54) is 0 Å². The molecular weight excluding hydrogens is 340 g/mol. The van der Waals surface area contributed by atoms with Gasteiger partial charge in [-0.05, 0) is 36.6 Å². The van der Waals surface area contributed by atoms with E-state index in [0.29, 0.717) is 24.0 Å². The van der Waals surface area contributed by atoms with Crippen LogP contribution in [0.3, 0.4) is 0 Å². The van der Waals surface area contributed by atoms with E-state index in [4.69, 9.17) is 16.3 Å². The van der Waals surface area contributed by atoms with Crippen LogP contribution >= 0.6 is 11.6 Å². The minimum atomic E-state index is -0.0510. The standard InChI is InChI=1S/C18H21ClN4O2/c1-25-17-9-8-16(21-22-17)23-10-2-3-14(12-23)18(24)20-11-13-4-6-15(19)7-5-13/h4-9,14H,2-3,10-12H2,1H3,(H,20,24)/t14-/m1/s1. The number of hydrogen-bond donors (Lipinski definition) is 1. The number of amides is 1. The largest absolute Gasteiger partial charge is 0.480 e. The van der Waals surface area contributed by atoms with Crippen molar-refractivity contribution in [1.82, 2.24) is 15.5 Å². The topological polar surface area (TPSA) is 67.3 Å². The zero-order valence-corrected chi connectivity index (χ0v) is 14.9. The van der Waals surface area contributed by atoms with Crippen molar-refractivity contribution in [3.05, 3.63) is 47.0 Å². The van der Waals surface area contributed by atoms with Gasteiger partial charge in [0.05, 0.1) is 13.0 Å². The van der Waals surface area contributed by atoms with E-state index in [1.807, 2.05) is 30.3 Å². The minimum Gasteiger partial charge on any atom is -0.480 e. The second-order valence-corrected chi connectivity index (χ2v) is 6.50. The maximum absolute atomic E-state index is 12.5. The number of ether oxygens (including phenoxy) is 1. The van der Waals surface area contributed by atoms with Crippen molar-refractivity contribution in [2.45, 2.75) is 19.4 Å². The van der Waals surface area contributed by atoms with Gasteiger partial charge >= 0.3 is 0 Å². The van der Waals surface area contributed by atoms with Crippen LogP contribution in [0.4, 0.5) is 5.82 Å². The first-order chi connectivity index (χ1) is 12.2. The van der Waals surface area contributed by atoms with Gasteiger partial charge in [-0.3, -0.25) is 4.79 Å². The average Bonchev–Trinajstić information content (AvgIpc) is 2.67. The maximum Gasteiger partial charge on any atom is 0.233 e. The number of carbonyl (C=O) groups excluding carboxylic acids is 1. The van der Waals surface area contributed by atoms with Gasteiger partial charge in [-0.25, -0.2) is 0 Å². The van der Waals surface area contributed by atoms with Crippen LogP contribution < -0.4 is 15.0 Å². The summed E-state index contributed by atoms with van der Waals surface area (Å²) < 4.78 is 5.03. The Morgan fingerprint density at radius 2 is 2.08 bits per heavy atom. The van der Waals surface area contributed by atoms with Crippen molar-refractivity contribution in [3.8, 4) is 5.88 Å². The van der Waals surface area contributed by atoms with Crippen molar-refractivity contribution in [3.63, 3.8) is 0 Å². The first kappa shape index (κ1) is 17.5. The lowest BCUT2D eigenvalue weighted by atomic mass is 9.97. The predicted octanol–water partition coefficient (Wildman–Crippen LogP) is 2.67. The summed E-state index contributed by atoms with van der Waals surface area (Å²) in [7, 11) is 1.56. The third-order valence-corrected chi connectivity index (χ3v) is 4.58. The zero-order valence-electron chi connectivity index (χ0n) is 14.1. The molecule has 1 aromatic carbocycles. The van der Waals surface area contributed by atoms with Gasteiger partial charge in [-0.15, -0.1) is 10.2 Å². The summed E-state index contributed by atoms with van der Waals surface area (Å²) in [5.74, 6) is 1.28. The number of nitrogens with one attached hydrogen (secondary N) is 1. The summed E-state index contributed by atoms with van der Waals surface area (Å²) in [6.45, 7) is 2.03. The SMILES string of the molecule is COc1ccc(N2CCC[C@@H](C(=O)NCc3ccc(Cl)cc3)C2)nn1. The fraction of sp³-hybridized carbons (Fsp3) is 0.389.